The van der Waals surface area contributed by atoms with Gasteiger partial charge < -0.3 is 5.32 Å². The third-order valence-electron chi connectivity index (χ3n) is 2.69. The molecule has 2 aromatic rings. The average molecular weight is 268 g/mol. The molecule has 0 fully saturated rings. The molecule has 0 radical (unpaired) electrons. The molecule has 5 heteroatoms. The Morgan fingerprint density at radius 1 is 1.39 bits per heavy atom. The van der Waals surface area contributed by atoms with Gasteiger partial charge in [0.2, 0.25) is 0 Å². The van der Waals surface area contributed by atoms with Gasteiger partial charge in [0.15, 0.2) is 11.6 Å². The average Bonchev–Trinajstić information content (AvgIpc) is 2.82. The van der Waals surface area contributed by atoms with E-state index in [0.717, 1.165) is 12.3 Å². The number of anilines is 1. The van der Waals surface area contributed by atoms with Gasteiger partial charge in [0, 0.05) is 22.9 Å². The van der Waals surface area contributed by atoms with Gasteiger partial charge >= 0.3 is 0 Å². The van der Waals surface area contributed by atoms with Crippen molar-refractivity contribution >= 4 is 17.2 Å². The summed E-state index contributed by atoms with van der Waals surface area (Å²) in [6.45, 7) is 4.66. The summed E-state index contributed by atoms with van der Waals surface area (Å²) in [7, 11) is 0. The zero-order valence-electron chi connectivity index (χ0n) is 10.2. The number of nitrogens with one attached hydrogen (secondary N) is 1. The molecular weight excluding hydrogens is 254 g/mol. The van der Waals surface area contributed by atoms with Crippen molar-refractivity contribution in [3.8, 4) is 0 Å². The molecule has 0 amide bonds. The molecule has 0 saturated carbocycles. The van der Waals surface area contributed by atoms with Crippen LogP contribution >= 0.6 is 11.3 Å². The standard InChI is InChI=1S/C13H14F2N2S/c1-13(2,11-4-3-5-18-11)8-17-12-10(15)6-9(14)7-16-12/h3-7H,8H2,1-2H3,(H,16,17). The molecule has 0 aliphatic heterocycles. The van der Waals surface area contributed by atoms with Crippen LogP contribution in [0, 0.1) is 11.6 Å². The highest BCUT2D eigenvalue weighted by Crippen LogP contribution is 2.27. The molecule has 0 atom stereocenters. The number of halogens is 2. The fourth-order valence-electron chi connectivity index (χ4n) is 1.60. The molecule has 2 heterocycles. The minimum atomic E-state index is -0.671. The monoisotopic (exact) mass is 268 g/mol. The van der Waals surface area contributed by atoms with E-state index in [1.165, 1.54) is 4.88 Å². The van der Waals surface area contributed by atoms with Crippen molar-refractivity contribution in [2.24, 2.45) is 0 Å². The van der Waals surface area contributed by atoms with Gasteiger partial charge in [-0.2, -0.15) is 0 Å². The first kappa shape index (κ1) is 13.0. The van der Waals surface area contributed by atoms with E-state index in [-0.39, 0.29) is 11.2 Å². The number of hydrogen-bond donors (Lipinski definition) is 1. The van der Waals surface area contributed by atoms with Crippen molar-refractivity contribution in [1.82, 2.24) is 4.98 Å². The summed E-state index contributed by atoms with van der Waals surface area (Å²) in [6, 6.07) is 4.85. The third-order valence-corrected chi connectivity index (χ3v) is 3.93. The van der Waals surface area contributed by atoms with E-state index < -0.39 is 11.6 Å². The fraction of sp³-hybridized carbons (Fsp3) is 0.308. The van der Waals surface area contributed by atoms with Crippen LogP contribution in [0.5, 0.6) is 0 Å². The van der Waals surface area contributed by atoms with Gasteiger partial charge in [0.1, 0.15) is 5.82 Å². The summed E-state index contributed by atoms with van der Waals surface area (Å²) in [5.41, 5.74) is -0.128. The van der Waals surface area contributed by atoms with Crippen molar-refractivity contribution in [1.29, 1.82) is 0 Å². The van der Waals surface area contributed by atoms with Gasteiger partial charge in [-0.05, 0) is 11.4 Å². The van der Waals surface area contributed by atoms with Crippen LogP contribution in [0.4, 0.5) is 14.6 Å². The SMILES string of the molecule is CC(C)(CNc1ncc(F)cc1F)c1cccs1. The van der Waals surface area contributed by atoms with Crippen LogP contribution in [-0.2, 0) is 5.41 Å². The van der Waals surface area contributed by atoms with Crippen molar-refractivity contribution in [3.63, 3.8) is 0 Å². The lowest BCUT2D eigenvalue weighted by Crippen LogP contribution is -2.27. The first-order valence-corrected chi connectivity index (χ1v) is 6.46. The normalized spacial score (nSPS) is 11.6. The van der Waals surface area contributed by atoms with Crippen LogP contribution in [0.25, 0.3) is 0 Å². The van der Waals surface area contributed by atoms with Crippen LogP contribution in [-0.4, -0.2) is 11.5 Å². The highest BCUT2D eigenvalue weighted by Gasteiger charge is 2.22. The number of rotatable bonds is 4. The lowest BCUT2D eigenvalue weighted by atomic mass is 9.91. The van der Waals surface area contributed by atoms with Gasteiger partial charge in [0.25, 0.3) is 0 Å². The molecule has 1 N–H and O–H groups in total. The van der Waals surface area contributed by atoms with E-state index in [9.17, 15) is 8.78 Å². The Kier molecular flexibility index (Phi) is 3.61. The summed E-state index contributed by atoms with van der Waals surface area (Å²) in [5.74, 6) is -1.26. The molecular formula is C13H14F2N2S. The van der Waals surface area contributed by atoms with Crippen molar-refractivity contribution in [3.05, 3.63) is 46.3 Å². The molecule has 0 aliphatic rings. The maximum Gasteiger partial charge on any atom is 0.168 e. The second kappa shape index (κ2) is 5.02. The molecule has 96 valence electrons. The predicted octanol–water partition coefficient (Wildman–Crippen LogP) is 3.81. The minimum Gasteiger partial charge on any atom is -0.367 e. The van der Waals surface area contributed by atoms with Gasteiger partial charge in [0.05, 0.1) is 6.20 Å². The third kappa shape index (κ3) is 2.85. The Labute approximate surface area is 109 Å². The summed E-state index contributed by atoms with van der Waals surface area (Å²) in [5, 5.41) is 4.93. The smallest absolute Gasteiger partial charge is 0.168 e. The highest BCUT2D eigenvalue weighted by molar-refractivity contribution is 7.10. The highest BCUT2D eigenvalue weighted by atomic mass is 32.1. The Hall–Kier alpha value is -1.49. The van der Waals surface area contributed by atoms with Crippen molar-refractivity contribution < 1.29 is 8.78 Å². The molecule has 0 saturated heterocycles. The molecule has 0 bridgehead atoms. The van der Waals surface area contributed by atoms with E-state index in [0.29, 0.717) is 6.54 Å². The lowest BCUT2D eigenvalue weighted by Gasteiger charge is -2.24. The first-order chi connectivity index (χ1) is 8.49. The second-order valence-electron chi connectivity index (χ2n) is 4.70. The quantitative estimate of drug-likeness (QED) is 0.912. The van der Waals surface area contributed by atoms with Gasteiger partial charge in [-0.1, -0.05) is 19.9 Å². The summed E-state index contributed by atoms with van der Waals surface area (Å²) < 4.78 is 26.1. The van der Waals surface area contributed by atoms with Crippen LogP contribution < -0.4 is 5.32 Å². The Balaban J connectivity index is 2.07. The van der Waals surface area contributed by atoms with Crippen LogP contribution in [0.15, 0.2) is 29.8 Å². The molecule has 2 rings (SSSR count). The van der Waals surface area contributed by atoms with Crippen molar-refractivity contribution in [2.75, 3.05) is 11.9 Å². The maximum absolute atomic E-state index is 13.4. The van der Waals surface area contributed by atoms with Crippen LogP contribution in [0.3, 0.4) is 0 Å². The summed E-state index contributed by atoms with van der Waals surface area (Å²) in [4.78, 5) is 4.91. The number of aromatic nitrogens is 1. The zero-order valence-corrected chi connectivity index (χ0v) is 11.0. The number of hydrogen-bond acceptors (Lipinski definition) is 3. The number of pyridine rings is 1. The predicted molar refractivity (Wildman–Crippen MR) is 70.0 cm³/mol. The Bertz CT molecular complexity index is 524. The Morgan fingerprint density at radius 3 is 2.78 bits per heavy atom. The van der Waals surface area contributed by atoms with Crippen molar-refractivity contribution in [2.45, 2.75) is 19.3 Å². The zero-order chi connectivity index (χ0) is 13.2. The van der Waals surface area contributed by atoms with Gasteiger partial charge in [-0.15, -0.1) is 11.3 Å². The molecule has 18 heavy (non-hydrogen) atoms. The fourth-order valence-corrected chi connectivity index (χ4v) is 2.45. The molecule has 0 aliphatic carbocycles. The first-order valence-electron chi connectivity index (χ1n) is 5.58. The molecule has 0 spiro atoms. The van der Waals surface area contributed by atoms with E-state index >= 15 is 0 Å². The van der Waals surface area contributed by atoms with Gasteiger partial charge in [-0.25, -0.2) is 13.8 Å². The Morgan fingerprint density at radius 2 is 2.17 bits per heavy atom. The second-order valence-corrected chi connectivity index (χ2v) is 5.65. The number of thiophene rings is 1. The summed E-state index contributed by atoms with van der Waals surface area (Å²) in [6.07, 6.45) is 1.00. The molecule has 0 unspecified atom stereocenters. The lowest BCUT2D eigenvalue weighted by molar-refractivity contribution is 0.553. The summed E-state index contributed by atoms with van der Waals surface area (Å²) >= 11 is 1.66. The van der Waals surface area contributed by atoms with E-state index in [1.807, 2.05) is 17.5 Å². The number of nitrogens with zero attached hydrogens (tertiary/aromatic N) is 1. The van der Waals surface area contributed by atoms with E-state index in [4.69, 9.17) is 0 Å². The van der Waals surface area contributed by atoms with Crippen LogP contribution in [0.1, 0.15) is 18.7 Å². The largest absolute Gasteiger partial charge is 0.367 e. The topological polar surface area (TPSA) is 24.9 Å². The molecule has 2 nitrogen and oxygen atoms in total. The molecule has 2 aromatic heterocycles. The van der Waals surface area contributed by atoms with E-state index in [2.05, 4.69) is 24.1 Å². The van der Waals surface area contributed by atoms with Gasteiger partial charge in [-0.3, -0.25) is 0 Å². The maximum atomic E-state index is 13.4. The van der Waals surface area contributed by atoms with E-state index in [1.54, 1.807) is 11.3 Å². The van der Waals surface area contributed by atoms with Crippen LogP contribution in [0.2, 0.25) is 0 Å². The minimum absolute atomic E-state index is 0.0843. The molecule has 0 aromatic carbocycles.